The lowest BCUT2D eigenvalue weighted by atomic mass is 9.94. The lowest BCUT2D eigenvalue weighted by molar-refractivity contribution is -0.115. The summed E-state index contributed by atoms with van der Waals surface area (Å²) in [6.45, 7) is 6.72. The highest BCUT2D eigenvalue weighted by atomic mass is 16.2. The fraction of sp³-hybridized carbons (Fsp3) is 0.417. The molecule has 0 saturated carbocycles. The predicted octanol–water partition coefficient (Wildman–Crippen LogP) is 4.31. The van der Waals surface area contributed by atoms with Crippen LogP contribution in [-0.2, 0) is 11.2 Å². The van der Waals surface area contributed by atoms with Crippen molar-refractivity contribution in [1.29, 1.82) is 0 Å². The monoisotopic (exact) mass is 395 g/mol. The molecule has 2 amide bonds. The molecule has 0 unspecified atom stereocenters. The number of carbonyl (C=O) groups is 2. The van der Waals surface area contributed by atoms with E-state index in [-0.39, 0.29) is 24.4 Å². The highest BCUT2D eigenvalue weighted by Crippen LogP contribution is 2.22. The van der Waals surface area contributed by atoms with E-state index in [4.69, 9.17) is 0 Å². The number of rotatable bonds is 10. The molecule has 0 aromatic heterocycles. The highest BCUT2D eigenvalue weighted by Gasteiger charge is 2.16. The van der Waals surface area contributed by atoms with Crippen LogP contribution in [0.4, 0.5) is 5.69 Å². The SMILES string of the molecule is CCCCc1ccc([C@H](NCC(=O)Nc2ccc(C(=O)NC)cc2)C(C)C)cc1. The van der Waals surface area contributed by atoms with Crippen LogP contribution < -0.4 is 16.0 Å². The smallest absolute Gasteiger partial charge is 0.251 e. The summed E-state index contributed by atoms with van der Waals surface area (Å²) in [6.07, 6.45) is 3.51. The molecule has 0 heterocycles. The van der Waals surface area contributed by atoms with Crippen LogP contribution >= 0.6 is 0 Å². The Morgan fingerprint density at radius 1 is 0.966 bits per heavy atom. The van der Waals surface area contributed by atoms with E-state index in [0.717, 1.165) is 6.42 Å². The minimum atomic E-state index is -0.148. The molecule has 0 bridgehead atoms. The van der Waals surface area contributed by atoms with E-state index in [0.29, 0.717) is 17.2 Å². The standard InChI is InChI=1S/C24H33N3O2/c1-5-6-7-18-8-10-19(11-9-18)23(17(2)3)26-16-22(28)27-21-14-12-20(13-15-21)24(29)25-4/h8-15,17,23,26H,5-7,16H2,1-4H3,(H,25,29)(H,27,28)/t23-/m1/s1. The van der Waals surface area contributed by atoms with Crippen LogP contribution in [-0.4, -0.2) is 25.4 Å². The largest absolute Gasteiger partial charge is 0.355 e. The molecule has 156 valence electrons. The maximum atomic E-state index is 12.4. The maximum absolute atomic E-state index is 12.4. The van der Waals surface area contributed by atoms with E-state index in [1.54, 1.807) is 31.3 Å². The van der Waals surface area contributed by atoms with Crippen LogP contribution in [0.3, 0.4) is 0 Å². The van der Waals surface area contributed by atoms with Crippen LogP contribution in [0.2, 0.25) is 0 Å². The average Bonchev–Trinajstić information content (AvgIpc) is 2.73. The minimum Gasteiger partial charge on any atom is -0.355 e. The van der Waals surface area contributed by atoms with Crippen molar-refractivity contribution in [2.45, 2.75) is 46.1 Å². The second-order valence-corrected chi connectivity index (χ2v) is 7.65. The quantitative estimate of drug-likeness (QED) is 0.561. The van der Waals surface area contributed by atoms with Crippen LogP contribution in [0.5, 0.6) is 0 Å². The number of aryl methyl sites for hydroxylation is 1. The molecule has 29 heavy (non-hydrogen) atoms. The number of hydrogen-bond acceptors (Lipinski definition) is 3. The summed E-state index contributed by atoms with van der Waals surface area (Å²) in [5.74, 6) is 0.101. The number of hydrogen-bond donors (Lipinski definition) is 3. The van der Waals surface area contributed by atoms with Crippen LogP contribution in [0.1, 0.15) is 61.1 Å². The lowest BCUT2D eigenvalue weighted by Crippen LogP contribution is -2.33. The average molecular weight is 396 g/mol. The van der Waals surface area contributed by atoms with Gasteiger partial charge in [0.15, 0.2) is 0 Å². The normalized spacial score (nSPS) is 11.9. The molecule has 5 heteroatoms. The van der Waals surface area contributed by atoms with Gasteiger partial charge in [0.1, 0.15) is 0 Å². The van der Waals surface area contributed by atoms with Gasteiger partial charge in [-0.1, -0.05) is 51.5 Å². The number of nitrogens with one attached hydrogen (secondary N) is 3. The molecule has 5 nitrogen and oxygen atoms in total. The van der Waals surface area contributed by atoms with E-state index < -0.39 is 0 Å². The Bertz CT molecular complexity index is 783. The van der Waals surface area contributed by atoms with Gasteiger partial charge >= 0.3 is 0 Å². The van der Waals surface area contributed by atoms with Crippen molar-refractivity contribution in [3.05, 3.63) is 65.2 Å². The van der Waals surface area contributed by atoms with Crippen molar-refractivity contribution in [2.75, 3.05) is 18.9 Å². The Morgan fingerprint density at radius 3 is 2.17 bits per heavy atom. The Balaban J connectivity index is 1.92. The van der Waals surface area contributed by atoms with Gasteiger partial charge in [-0.25, -0.2) is 0 Å². The summed E-state index contributed by atoms with van der Waals surface area (Å²) < 4.78 is 0. The zero-order chi connectivity index (χ0) is 21.2. The van der Waals surface area contributed by atoms with Crippen LogP contribution in [0, 0.1) is 5.92 Å². The zero-order valence-electron chi connectivity index (χ0n) is 17.9. The summed E-state index contributed by atoms with van der Waals surface area (Å²) in [5, 5.41) is 8.83. The van der Waals surface area contributed by atoms with Gasteiger partial charge in [0, 0.05) is 24.3 Å². The minimum absolute atomic E-state index is 0.108. The number of unbranched alkanes of at least 4 members (excludes halogenated alkanes) is 1. The molecule has 0 aliphatic carbocycles. The second kappa shape index (κ2) is 11.4. The summed E-state index contributed by atoms with van der Waals surface area (Å²) in [4.78, 5) is 24.0. The first kappa shape index (κ1) is 22.6. The summed E-state index contributed by atoms with van der Waals surface area (Å²) in [5.41, 5.74) is 3.79. The third-order valence-corrected chi connectivity index (χ3v) is 4.96. The topological polar surface area (TPSA) is 70.2 Å². The van der Waals surface area contributed by atoms with E-state index >= 15 is 0 Å². The molecular weight excluding hydrogens is 362 g/mol. The molecule has 3 N–H and O–H groups in total. The van der Waals surface area contributed by atoms with E-state index in [9.17, 15) is 9.59 Å². The van der Waals surface area contributed by atoms with Gasteiger partial charge < -0.3 is 16.0 Å². The first-order chi connectivity index (χ1) is 13.9. The summed E-state index contributed by atoms with van der Waals surface area (Å²) in [6, 6.07) is 15.7. The molecule has 2 rings (SSSR count). The first-order valence-corrected chi connectivity index (χ1v) is 10.4. The number of benzene rings is 2. The Morgan fingerprint density at radius 2 is 1.62 bits per heavy atom. The molecule has 2 aromatic rings. The third kappa shape index (κ3) is 7.02. The molecule has 0 spiro atoms. The van der Waals surface area contributed by atoms with E-state index in [1.807, 2.05) is 0 Å². The van der Waals surface area contributed by atoms with Crippen molar-refractivity contribution >= 4 is 17.5 Å². The molecular formula is C24H33N3O2. The van der Waals surface area contributed by atoms with Gasteiger partial charge in [-0.2, -0.15) is 0 Å². The van der Waals surface area contributed by atoms with Crippen molar-refractivity contribution in [3.63, 3.8) is 0 Å². The highest BCUT2D eigenvalue weighted by molar-refractivity contribution is 5.96. The van der Waals surface area contributed by atoms with Crippen molar-refractivity contribution in [3.8, 4) is 0 Å². The Labute approximate surface area is 174 Å². The fourth-order valence-electron chi connectivity index (χ4n) is 3.27. The van der Waals surface area contributed by atoms with Crippen molar-refractivity contribution < 1.29 is 9.59 Å². The van der Waals surface area contributed by atoms with Gasteiger partial charge in [0.05, 0.1) is 6.54 Å². The molecule has 0 saturated heterocycles. The number of anilines is 1. The van der Waals surface area contributed by atoms with Gasteiger partial charge in [0.25, 0.3) is 5.91 Å². The van der Waals surface area contributed by atoms with Gasteiger partial charge in [-0.3, -0.25) is 9.59 Å². The zero-order valence-corrected chi connectivity index (χ0v) is 17.9. The van der Waals surface area contributed by atoms with Gasteiger partial charge in [0.2, 0.25) is 5.91 Å². The summed E-state index contributed by atoms with van der Waals surface area (Å²) in [7, 11) is 1.59. The Kier molecular flexibility index (Phi) is 8.87. The number of carbonyl (C=O) groups excluding carboxylic acids is 2. The molecule has 1 atom stereocenters. The molecule has 0 fully saturated rings. The van der Waals surface area contributed by atoms with E-state index in [1.165, 1.54) is 24.0 Å². The Hall–Kier alpha value is -2.66. The first-order valence-electron chi connectivity index (χ1n) is 10.4. The fourth-order valence-corrected chi connectivity index (χ4v) is 3.27. The van der Waals surface area contributed by atoms with Crippen LogP contribution in [0.25, 0.3) is 0 Å². The molecule has 0 aliphatic heterocycles. The number of amides is 2. The third-order valence-electron chi connectivity index (χ3n) is 4.96. The maximum Gasteiger partial charge on any atom is 0.251 e. The predicted molar refractivity (Wildman–Crippen MR) is 119 cm³/mol. The molecule has 2 aromatic carbocycles. The van der Waals surface area contributed by atoms with Crippen LogP contribution in [0.15, 0.2) is 48.5 Å². The van der Waals surface area contributed by atoms with Gasteiger partial charge in [-0.15, -0.1) is 0 Å². The summed E-state index contributed by atoms with van der Waals surface area (Å²) >= 11 is 0. The molecule has 0 radical (unpaired) electrons. The van der Waals surface area contributed by atoms with Gasteiger partial charge in [-0.05, 0) is 54.2 Å². The van der Waals surface area contributed by atoms with Crippen molar-refractivity contribution in [1.82, 2.24) is 10.6 Å². The van der Waals surface area contributed by atoms with E-state index in [2.05, 4.69) is 61.0 Å². The van der Waals surface area contributed by atoms with Crippen molar-refractivity contribution in [2.24, 2.45) is 5.92 Å². The second-order valence-electron chi connectivity index (χ2n) is 7.65. The lowest BCUT2D eigenvalue weighted by Gasteiger charge is -2.23. The molecule has 0 aliphatic rings.